The van der Waals surface area contributed by atoms with Crippen LogP contribution in [0.5, 0.6) is 0 Å². The zero-order chi connectivity index (χ0) is 9.97. The van der Waals surface area contributed by atoms with Crippen molar-refractivity contribution in [3.05, 3.63) is 11.9 Å². The maximum absolute atomic E-state index is 11.6. The van der Waals surface area contributed by atoms with E-state index in [9.17, 15) is 4.79 Å². The summed E-state index contributed by atoms with van der Waals surface area (Å²) >= 11 is 0. The average Bonchev–Trinajstić information content (AvgIpc) is 2.18. The van der Waals surface area contributed by atoms with Gasteiger partial charge in [0.05, 0.1) is 6.54 Å². The van der Waals surface area contributed by atoms with Crippen molar-refractivity contribution in [2.24, 2.45) is 5.10 Å². The highest BCUT2D eigenvalue weighted by molar-refractivity contribution is 5.81. The average molecular weight is 194 g/mol. The summed E-state index contributed by atoms with van der Waals surface area (Å²) in [6, 6.07) is 0. The molecule has 5 heteroatoms. The summed E-state index contributed by atoms with van der Waals surface area (Å²) in [5.74, 6) is 0.145. The molecule has 1 N–H and O–H groups in total. The number of allylic oxidation sites excluding steroid dienone is 1. The highest BCUT2D eigenvalue weighted by atomic mass is 16.2. The van der Waals surface area contributed by atoms with Crippen molar-refractivity contribution < 1.29 is 4.79 Å². The van der Waals surface area contributed by atoms with E-state index in [-0.39, 0.29) is 5.91 Å². The molecule has 0 aromatic rings. The number of nitrogens with one attached hydrogen (secondary N) is 1. The minimum atomic E-state index is 0.145. The molecule has 76 valence electrons. The van der Waals surface area contributed by atoms with Gasteiger partial charge in [-0.25, -0.2) is 0 Å². The highest BCUT2D eigenvalue weighted by Crippen LogP contribution is 2.13. The first-order valence-electron chi connectivity index (χ1n) is 4.74. The van der Waals surface area contributed by atoms with E-state index in [0.717, 1.165) is 25.2 Å². The number of carbonyl (C=O) groups excluding carboxylic acids is 1. The van der Waals surface area contributed by atoms with E-state index in [1.54, 1.807) is 5.01 Å². The maximum Gasteiger partial charge on any atom is 0.240 e. The molecule has 0 unspecified atom stereocenters. The van der Waals surface area contributed by atoms with Crippen LogP contribution in [0.15, 0.2) is 17.0 Å². The van der Waals surface area contributed by atoms with Crippen LogP contribution in [0.2, 0.25) is 0 Å². The molecule has 1 saturated heterocycles. The number of rotatable bonds is 1. The van der Waals surface area contributed by atoms with Gasteiger partial charge in [-0.05, 0) is 0 Å². The lowest BCUT2D eigenvalue weighted by Crippen LogP contribution is -2.47. The van der Waals surface area contributed by atoms with Gasteiger partial charge in [0.1, 0.15) is 0 Å². The quantitative estimate of drug-likeness (QED) is 0.617. The van der Waals surface area contributed by atoms with Crippen molar-refractivity contribution in [2.45, 2.75) is 6.42 Å². The van der Waals surface area contributed by atoms with Crippen LogP contribution in [0.4, 0.5) is 0 Å². The third-order valence-corrected chi connectivity index (χ3v) is 2.34. The first kappa shape index (κ1) is 9.21. The van der Waals surface area contributed by atoms with Crippen LogP contribution >= 0.6 is 0 Å². The molecular formula is C9H14N4O. The second-order valence-electron chi connectivity index (χ2n) is 3.42. The Morgan fingerprint density at radius 2 is 2.43 bits per heavy atom. The summed E-state index contributed by atoms with van der Waals surface area (Å²) in [5.41, 5.74) is 1.04. The molecule has 0 saturated carbocycles. The molecule has 0 aromatic heterocycles. The molecule has 2 aliphatic rings. The normalized spacial score (nSPS) is 22.6. The monoisotopic (exact) mass is 194 g/mol. The second kappa shape index (κ2) is 3.79. The SMILES string of the molecule is CN1C=C(N2CCNCC2=O)CC=N1. The first-order chi connectivity index (χ1) is 6.77. The fraction of sp³-hybridized carbons (Fsp3) is 0.556. The van der Waals surface area contributed by atoms with Crippen LogP contribution in [0.3, 0.4) is 0 Å². The van der Waals surface area contributed by atoms with Crippen LogP contribution < -0.4 is 5.32 Å². The van der Waals surface area contributed by atoms with Crippen molar-refractivity contribution in [3.63, 3.8) is 0 Å². The van der Waals surface area contributed by atoms with E-state index in [2.05, 4.69) is 10.4 Å². The third kappa shape index (κ3) is 1.77. The van der Waals surface area contributed by atoms with E-state index < -0.39 is 0 Å². The van der Waals surface area contributed by atoms with Crippen LogP contribution in [0, 0.1) is 0 Å². The summed E-state index contributed by atoms with van der Waals surface area (Å²) in [6.45, 7) is 2.06. The molecule has 0 spiro atoms. The predicted molar refractivity (Wildman–Crippen MR) is 53.5 cm³/mol. The van der Waals surface area contributed by atoms with Crippen LogP contribution in [0.25, 0.3) is 0 Å². The van der Waals surface area contributed by atoms with Gasteiger partial charge >= 0.3 is 0 Å². The van der Waals surface area contributed by atoms with Gasteiger partial charge in [-0.2, -0.15) is 5.10 Å². The molecule has 0 aliphatic carbocycles. The zero-order valence-electron chi connectivity index (χ0n) is 8.23. The summed E-state index contributed by atoms with van der Waals surface area (Å²) in [5, 5.41) is 8.86. The molecule has 5 nitrogen and oxygen atoms in total. The lowest BCUT2D eigenvalue weighted by atomic mass is 10.2. The topological polar surface area (TPSA) is 47.9 Å². The van der Waals surface area contributed by atoms with E-state index >= 15 is 0 Å². The summed E-state index contributed by atoms with van der Waals surface area (Å²) < 4.78 is 0. The van der Waals surface area contributed by atoms with Gasteiger partial charge in [0.15, 0.2) is 0 Å². The Morgan fingerprint density at radius 3 is 3.14 bits per heavy atom. The standard InChI is InChI=1S/C9H14N4O/c1-12-7-8(2-3-11-12)13-5-4-10-6-9(13)14/h3,7,10H,2,4-6H2,1H3. The Morgan fingerprint density at radius 1 is 1.57 bits per heavy atom. The number of amides is 1. The Labute approximate surface area is 83.1 Å². The minimum absolute atomic E-state index is 0.145. The summed E-state index contributed by atoms with van der Waals surface area (Å²) in [7, 11) is 1.86. The highest BCUT2D eigenvalue weighted by Gasteiger charge is 2.21. The molecular weight excluding hydrogens is 180 g/mol. The Hall–Kier alpha value is -1.36. The Balaban J connectivity index is 2.10. The number of hydrazone groups is 1. The van der Waals surface area contributed by atoms with Crippen molar-refractivity contribution in [1.29, 1.82) is 0 Å². The molecule has 0 atom stereocenters. The molecule has 14 heavy (non-hydrogen) atoms. The van der Waals surface area contributed by atoms with E-state index in [4.69, 9.17) is 0 Å². The van der Waals surface area contributed by atoms with Crippen LogP contribution in [-0.4, -0.2) is 48.7 Å². The minimum Gasteiger partial charge on any atom is -0.312 e. The lowest BCUT2D eigenvalue weighted by Gasteiger charge is -2.31. The molecule has 2 aliphatic heterocycles. The fourth-order valence-electron chi connectivity index (χ4n) is 1.65. The molecule has 2 rings (SSSR count). The van der Waals surface area contributed by atoms with Crippen LogP contribution in [0.1, 0.15) is 6.42 Å². The van der Waals surface area contributed by atoms with Crippen LogP contribution in [-0.2, 0) is 4.79 Å². The molecule has 2 heterocycles. The lowest BCUT2D eigenvalue weighted by molar-refractivity contribution is -0.129. The van der Waals surface area contributed by atoms with Gasteiger partial charge in [0, 0.05) is 44.7 Å². The van der Waals surface area contributed by atoms with Gasteiger partial charge in [0.2, 0.25) is 5.91 Å². The number of carbonyl (C=O) groups is 1. The second-order valence-corrected chi connectivity index (χ2v) is 3.42. The van der Waals surface area contributed by atoms with E-state index in [0.29, 0.717) is 6.54 Å². The van der Waals surface area contributed by atoms with Crippen molar-refractivity contribution in [2.75, 3.05) is 26.7 Å². The van der Waals surface area contributed by atoms with Crippen molar-refractivity contribution >= 4 is 12.1 Å². The van der Waals surface area contributed by atoms with E-state index in [1.165, 1.54) is 0 Å². The zero-order valence-corrected chi connectivity index (χ0v) is 8.23. The number of piperazine rings is 1. The molecule has 1 amide bonds. The summed E-state index contributed by atoms with van der Waals surface area (Å²) in [4.78, 5) is 13.4. The number of nitrogens with zero attached hydrogens (tertiary/aromatic N) is 3. The number of hydrogen-bond acceptors (Lipinski definition) is 4. The molecule has 0 bridgehead atoms. The molecule has 0 radical (unpaired) electrons. The van der Waals surface area contributed by atoms with Crippen molar-refractivity contribution in [3.8, 4) is 0 Å². The van der Waals surface area contributed by atoms with Gasteiger partial charge < -0.3 is 10.2 Å². The van der Waals surface area contributed by atoms with Gasteiger partial charge in [-0.1, -0.05) is 0 Å². The molecule has 0 aromatic carbocycles. The smallest absolute Gasteiger partial charge is 0.240 e. The third-order valence-electron chi connectivity index (χ3n) is 2.34. The summed E-state index contributed by atoms with van der Waals surface area (Å²) in [6.07, 6.45) is 4.48. The first-order valence-corrected chi connectivity index (χ1v) is 4.74. The van der Waals surface area contributed by atoms with Gasteiger partial charge in [-0.3, -0.25) is 9.80 Å². The van der Waals surface area contributed by atoms with Gasteiger partial charge in [-0.15, -0.1) is 0 Å². The van der Waals surface area contributed by atoms with Crippen molar-refractivity contribution in [1.82, 2.24) is 15.2 Å². The molecule has 1 fully saturated rings. The number of hydrogen-bond donors (Lipinski definition) is 1. The Kier molecular flexibility index (Phi) is 2.49. The fourth-order valence-corrected chi connectivity index (χ4v) is 1.65. The van der Waals surface area contributed by atoms with E-state index in [1.807, 2.05) is 24.4 Å². The predicted octanol–water partition coefficient (Wildman–Crippen LogP) is -0.419. The largest absolute Gasteiger partial charge is 0.312 e. The van der Waals surface area contributed by atoms with Gasteiger partial charge in [0.25, 0.3) is 0 Å². The Bertz CT molecular complexity index is 297. The maximum atomic E-state index is 11.6.